The minimum absolute atomic E-state index is 0.0221. The molecule has 25 heavy (non-hydrogen) atoms. The van der Waals surface area contributed by atoms with Crippen LogP contribution in [0.2, 0.25) is 0 Å². The second-order valence-corrected chi connectivity index (χ2v) is 6.87. The predicted molar refractivity (Wildman–Crippen MR) is 93.7 cm³/mol. The van der Waals surface area contributed by atoms with Gasteiger partial charge in [-0.25, -0.2) is 0 Å². The molecule has 1 atom stereocenters. The highest BCUT2D eigenvalue weighted by Gasteiger charge is 2.34. The summed E-state index contributed by atoms with van der Waals surface area (Å²) in [4.78, 5) is 26.2. The maximum Gasteiger partial charge on any atom is 0.225 e. The van der Waals surface area contributed by atoms with Gasteiger partial charge in [0.05, 0.1) is 20.1 Å². The lowest BCUT2D eigenvalue weighted by atomic mass is 10.1. The van der Waals surface area contributed by atoms with Crippen LogP contribution in [0.15, 0.2) is 18.2 Å². The third-order valence-corrected chi connectivity index (χ3v) is 4.97. The van der Waals surface area contributed by atoms with E-state index in [4.69, 9.17) is 9.47 Å². The minimum Gasteiger partial charge on any atom is -0.493 e. The topological polar surface area (TPSA) is 67.9 Å². The number of rotatable bonds is 8. The summed E-state index contributed by atoms with van der Waals surface area (Å²) >= 11 is 0. The number of nitrogens with one attached hydrogen (secondary N) is 1. The molecule has 1 N–H and O–H groups in total. The van der Waals surface area contributed by atoms with Crippen molar-refractivity contribution >= 4 is 11.8 Å². The number of likely N-dealkylation sites (tertiary alicyclic amines) is 1. The minimum atomic E-state index is -0.211. The Morgan fingerprint density at radius 2 is 2.00 bits per heavy atom. The van der Waals surface area contributed by atoms with E-state index in [0.29, 0.717) is 36.9 Å². The van der Waals surface area contributed by atoms with Gasteiger partial charge in [-0.05, 0) is 42.9 Å². The molecule has 0 spiro atoms. The standard InChI is InChI=1S/C19H26N2O4/c1-24-16-6-5-13(9-17(16)25-2)7-8-21-12-15(10-18(21)22)19(23)20-11-14-3-4-14/h5-6,9,14-15H,3-4,7-8,10-12H2,1-2H3,(H,20,23). The maximum absolute atomic E-state index is 12.2. The molecule has 2 aliphatic rings. The number of benzene rings is 1. The Morgan fingerprint density at radius 3 is 2.68 bits per heavy atom. The van der Waals surface area contributed by atoms with Gasteiger partial charge in [0.2, 0.25) is 11.8 Å². The van der Waals surface area contributed by atoms with Crippen LogP contribution in [-0.4, -0.2) is 50.6 Å². The van der Waals surface area contributed by atoms with E-state index in [2.05, 4.69) is 5.32 Å². The Bertz CT molecular complexity index is 642. The highest BCUT2D eigenvalue weighted by atomic mass is 16.5. The van der Waals surface area contributed by atoms with Crippen LogP contribution in [0.3, 0.4) is 0 Å². The average Bonchev–Trinajstić information content (AvgIpc) is 3.39. The number of carbonyl (C=O) groups is 2. The zero-order valence-electron chi connectivity index (χ0n) is 14.9. The summed E-state index contributed by atoms with van der Waals surface area (Å²) in [6, 6.07) is 5.77. The van der Waals surface area contributed by atoms with Gasteiger partial charge in [-0.15, -0.1) is 0 Å². The lowest BCUT2D eigenvalue weighted by Gasteiger charge is -2.17. The number of methoxy groups -OCH3 is 2. The van der Waals surface area contributed by atoms with E-state index in [9.17, 15) is 9.59 Å². The molecule has 1 saturated heterocycles. The first-order chi connectivity index (χ1) is 12.1. The van der Waals surface area contributed by atoms with E-state index in [1.54, 1.807) is 19.1 Å². The van der Waals surface area contributed by atoms with Crippen LogP contribution >= 0.6 is 0 Å². The molecular formula is C19H26N2O4. The fraction of sp³-hybridized carbons (Fsp3) is 0.579. The van der Waals surface area contributed by atoms with Crippen molar-refractivity contribution in [1.29, 1.82) is 0 Å². The second kappa shape index (κ2) is 7.76. The quantitative estimate of drug-likeness (QED) is 0.777. The lowest BCUT2D eigenvalue weighted by Crippen LogP contribution is -2.34. The third kappa shape index (κ3) is 4.44. The number of nitrogens with zero attached hydrogens (tertiary/aromatic N) is 1. The van der Waals surface area contributed by atoms with E-state index in [-0.39, 0.29) is 17.7 Å². The van der Waals surface area contributed by atoms with Gasteiger partial charge in [0, 0.05) is 26.1 Å². The van der Waals surface area contributed by atoms with E-state index >= 15 is 0 Å². The van der Waals surface area contributed by atoms with Crippen molar-refractivity contribution in [2.75, 3.05) is 33.9 Å². The van der Waals surface area contributed by atoms with Gasteiger partial charge in [0.1, 0.15) is 0 Å². The summed E-state index contributed by atoms with van der Waals surface area (Å²) < 4.78 is 10.5. The molecular weight excluding hydrogens is 320 g/mol. The molecule has 1 aliphatic carbocycles. The maximum atomic E-state index is 12.2. The van der Waals surface area contributed by atoms with Crippen LogP contribution in [0.4, 0.5) is 0 Å². The van der Waals surface area contributed by atoms with Crippen molar-refractivity contribution in [1.82, 2.24) is 10.2 Å². The smallest absolute Gasteiger partial charge is 0.225 e. The normalized spacial score (nSPS) is 19.8. The molecule has 1 saturated carbocycles. The summed E-state index contributed by atoms with van der Waals surface area (Å²) in [7, 11) is 3.21. The van der Waals surface area contributed by atoms with Gasteiger partial charge in [-0.2, -0.15) is 0 Å². The SMILES string of the molecule is COc1ccc(CCN2CC(C(=O)NCC3CC3)CC2=O)cc1OC. The number of carbonyl (C=O) groups excluding carboxylic acids is 2. The summed E-state index contributed by atoms with van der Waals surface area (Å²) in [5.41, 5.74) is 1.08. The highest BCUT2D eigenvalue weighted by Crippen LogP contribution is 2.29. The summed E-state index contributed by atoms with van der Waals surface area (Å²) in [5.74, 6) is 1.90. The fourth-order valence-corrected chi connectivity index (χ4v) is 3.18. The van der Waals surface area contributed by atoms with Crippen LogP contribution in [0, 0.1) is 11.8 Å². The Labute approximate surface area is 148 Å². The van der Waals surface area contributed by atoms with Crippen molar-refractivity contribution in [3.63, 3.8) is 0 Å². The van der Waals surface area contributed by atoms with Crippen molar-refractivity contribution in [3.8, 4) is 11.5 Å². The van der Waals surface area contributed by atoms with Gasteiger partial charge in [-0.3, -0.25) is 9.59 Å². The molecule has 0 bridgehead atoms. The number of hydrogen-bond donors (Lipinski definition) is 1. The number of hydrogen-bond acceptors (Lipinski definition) is 4. The van der Waals surface area contributed by atoms with Gasteiger partial charge >= 0.3 is 0 Å². The van der Waals surface area contributed by atoms with Crippen LogP contribution < -0.4 is 14.8 Å². The Kier molecular flexibility index (Phi) is 5.46. The third-order valence-electron chi connectivity index (χ3n) is 4.97. The molecule has 1 aromatic carbocycles. The van der Waals surface area contributed by atoms with E-state index in [1.165, 1.54) is 12.8 Å². The molecule has 136 valence electrons. The lowest BCUT2D eigenvalue weighted by molar-refractivity contribution is -0.129. The van der Waals surface area contributed by atoms with Crippen molar-refractivity contribution in [2.45, 2.75) is 25.7 Å². The average molecular weight is 346 g/mol. The molecule has 1 unspecified atom stereocenters. The summed E-state index contributed by atoms with van der Waals surface area (Å²) in [6.07, 6.45) is 3.47. The van der Waals surface area contributed by atoms with Gasteiger partial charge in [0.25, 0.3) is 0 Å². The van der Waals surface area contributed by atoms with Crippen molar-refractivity contribution in [3.05, 3.63) is 23.8 Å². The van der Waals surface area contributed by atoms with Crippen LogP contribution in [0.25, 0.3) is 0 Å². The molecule has 3 rings (SSSR count). The molecule has 1 heterocycles. The summed E-state index contributed by atoms with van der Waals surface area (Å²) in [5, 5.41) is 2.98. The largest absolute Gasteiger partial charge is 0.493 e. The monoisotopic (exact) mass is 346 g/mol. The first-order valence-corrected chi connectivity index (χ1v) is 8.87. The van der Waals surface area contributed by atoms with E-state index in [0.717, 1.165) is 18.5 Å². The van der Waals surface area contributed by atoms with Crippen LogP contribution in [0.5, 0.6) is 11.5 Å². The Morgan fingerprint density at radius 1 is 1.24 bits per heavy atom. The van der Waals surface area contributed by atoms with Gasteiger partial charge < -0.3 is 19.7 Å². The number of ether oxygens (including phenoxy) is 2. The first kappa shape index (κ1) is 17.6. The zero-order chi connectivity index (χ0) is 17.8. The molecule has 0 radical (unpaired) electrons. The molecule has 1 aromatic rings. The molecule has 0 aromatic heterocycles. The second-order valence-electron chi connectivity index (χ2n) is 6.87. The van der Waals surface area contributed by atoms with Crippen LogP contribution in [-0.2, 0) is 16.0 Å². The summed E-state index contributed by atoms with van der Waals surface area (Å²) in [6.45, 7) is 1.89. The van der Waals surface area contributed by atoms with Crippen molar-refractivity contribution < 1.29 is 19.1 Å². The Balaban J connectivity index is 1.51. The predicted octanol–water partition coefficient (Wildman–Crippen LogP) is 1.62. The molecule has 2 amide bonds. The van der Waals surface area contributed by atoms with E-state index < -0.39 is 0 Å². The molecule has 6 nitrogen and oxygen atoms in total. The van der Waals surface area contributed by atoms with Crippen molar-refractivity contribution in [2.24, 2.45) is 11.8 Å². The van der Waals surface area contributed by atoms with Gasteiger partial charge in [0.15, 0.2) is 11.5 Å². The van der Waals surface area contributed by atoms with E-state index in [1.807, 2.05) is 18.2 Å². The Hall–Kier alpha value is -2.24. The highest BCUT2D eigenvalue weighted by molar-refractivity contribution is 5.89. The fourth-order valence-electron chi connectivity index (χ4n) is 3.18. The molecule has 2 fully saturated rings. The molecule has 6 heteroatoms. The number of amides is 2. The zero-order valence-corrected chi connectivity index (χ0v) is 14.9. The molecule has 1 aliphatic heterocycles. The van der Waals surface area contributed by atoms with Gasteiger partial charge in [-0.1, -0.05) is 6.07 Å². The first-order valence-electron chi connectivity index (χ1n) is 8.87. The van der Waals surface area contributed by atoms with Crippen LogP contribution in [0.1, 0.15) is 24.8 Å².